The molecular weight excluding hydrogens is 913 g/mol. The molecule has 0 aliphatic heterocycles. The van der Waals surface area contributed by atoms with Crippen molar-refractivity contribution < 1.29 is 0 Å². The molecule has 0 nitrogen and oxygen atoms in total. The van der Waals surface area contributed by atoms with E-state index in [1.54, 1.807) is 0 Å². The zero-order chi connectivity index (χ0) is 49.8. The third-order valence-electron chi connectivity index (χ3n) is 16.6. The summed E-state index contributed by atoms with van der Waals surface area (Å²) in [5.74, 6) is 0. The number of hydrogen-bond acceptors (Lipinski definition) is 0. The Bertz CT molecular complexity index is 4690. The second-order valence-electron chi connectivity index (χ2n) is 20.6. The molecule has 16 rings (SSSR count). The van der Waals surface area contributed by atoms with Gasteiger partial charge in [-0.15, -0.1) is 0 Å². The molecule has 76 heavy (non-hydrogen) atoms. The van der Waals surface area contributed by atoms with E-state index in [2.05, 4.69) is 279 Å². The second-order valence-corrected chi connectivity index (χ2v) is 20.6. The minimum absolute atomic E-state index is 1.20. The van der Waals surface area contributed by atoms with Crippen molar-refractivity contribution in [3.63, 3.8) is 0 Å². The largest absolute Gasteiger partial charge is 0.0622 e. The Morgan fingerprint density at radius 3 is 0.882 bits per heavy atom. The molecule has 0 aliphatic carbocycles. The lowest BCUT2D eigenvalue weighted by Gasteiger charge is -2.22. The van der Waals surface area contributed by atoms with Gasteiger partial charge in [0, 0.05) is 0 Å². The van der Waals surface area contributed by atoms with Gasteiger partial charge in [-0.3, -0.25) is 0 Å². The molecule has 16 aromatic carbocycles. The molecule has 0 radical (unpaired) electrons. The zero-order valence-electron chi connectivity index (χ0n) is 41.6. The first-order valence-electron chi connectivity index (χ1n) is 26.5. The highest BCUT2D eigenvalue weighted by atomic mass is 14.3. The summed E-state index contributed by atoms with van der Waals surface area (Å²) >= 11 is 0. The van der Waals surface area contributed by atoms with Crippen molar-refractivity contribution in [3.05, 3.63) is 279 Å². The predicted molar refractivity (Wildman–Crippen MR) is 328 cm³/mol. The lowest BCUT2D eigenvalue weighted by Crippen LogP contribution is -1.95. The van der Waals surface area contributed by atoms with E-state index in [1.165, 1.54) is 164 Å². The highest BCUT2D eigenvalue weighted by Gasteiger charge is 2.23. The fraction of sp³-hybridized carbons (Fsp3) is 0. The molecule has 0 aliphatic rings. The highest BCUT2D eigenvalue weighted by Crippen LogP contribution is 2.50. The van der Waals surface area contributed by atoms with Crippen molar-refractivity contribution >= 4 is 97.0 Å². The molecule has 0 spiro atoms. The average Bonchev–Trinajstić information content (AvgIpc) is 3.69. The van der Waals surface area contributed by atoms with Gasteiger partial charge < -0.3 is 0 Å². The van der Waals surface area contributed by atoms with Crippen LogP contribution in [0.15, 0.2) is 279 Å². The van der Waals surface area contributed by atoms with Gasteiger partial charge in [-0.05, 0) is 200 Å². The van der Waals surface area contributed by atoms with E-state index >= 15 is 0 Å². The monoisotopic (exact) mass is 958 g/mol. The summed E-state index contributed by atoms with van der Waals surface area (Å²) in [5.41, 5.74) is 14.8. The van der Waals surface area contributed by atoms with Gasteiger partial charge in [0.15, 0.2) is 0 Å². The van der Waals surface area contributed by atoms with Crippen LogP contribution in [-0.2, 0) is 0 Å². The Labute approximate surface area is 440 Å². The van der Waals surface area contributed by atoms with Gasteiger partial charge in [0.05, 0.1) is 0 Å². The van der Waals surface area contributed by atoms with Gasteiger partial charge in [-0.2, -0.15) is 0 Å². The average molecular weight is 959 g/mol. The molecule has 0 bridgehead atoms. The highest BCUT2D eigenvalue weighted by molar-refractivity contribution is 6.32. The fourth-order valence-corrected chi connectivity index (χ4v) is 13.1. The van der Waals surface area contributed by atoms with Crippen molar-refractivity contribution in [2.45, 2.75) is 0 Å². The summed E-state index contributed by atoms with van der Waals surface area (Å²) < 4.78 is 0. The van der Waals surface area contributed by atoms with Crippen LogP contribution in [0.4, 0.5) is 0 Å². The minimum atomic E-state index is 1.20. The molecule has 0 amide bonds. The quantitative estimate of drug-likeness (QED) is 0.146. The van der Waals surface area contributed by atoms with E-state index in [0.717, 1.165) is 0 Å². The van der Waals surface area contributed by atoms with E-state index in [4.69, 9.17) is 0 Å². The van der Waals surface area contributed by atoms with Gasteiger partial charge in [-0.1, -0.05) is 243 Å². The molecule has 0 fully saturated rings. The van der Waals surface area contributed by atoms with Crippen molar-refractivity contribution in [2.24, 2.45) is 0 Å². The third kappa shape index (κ3) is 6.51. The van der Waals surface area contributed by atoms with Crippen LogP contribution in [0.25, 0.3) is 164 Å². The van der Waals surface area contributed by atoms with Gasteiger partial charge >= 0.3 is 0 Å². The second kappa shape index (κ2) is 16.8. The van der Waals surface area contributed by atoms with Gasteiger partial charge in [-0.25, -0.2) is 0 Å². The summed E-state index contributed by atoms with van der Waals surface area (Å²) in [7, 11) is 0. The van der Waals surface area contributed by atoms with Crippen LogP contribution in [0.1, 0.15) is 0 Å². The molecule has 350 valence electrons. The Kier molecular flexibility index (Phi) is 9.44. The van der Waals surface area contributed by atoms with E-state index < -0.39 is 0 Å². The van der Waals surface area contributed by atoms with Crippen LogP contribution in [0, 0.1) is 0 Å². The first-order valence-corrected chi connectivity index (χ1v) is 26.5. The molecular formula is C76H46. The normalized spacial score (nSPS) is 11.9. The Balaban J connectivity index is 0.986. The van der Waals surface area contributed by atoms with Crippen LogP contribution < -0.4 is 0 Å². The van der Waals surface area contributed by atoms with Crippen LogP contribution in [0.3, 0.4) is 0 Å². The molecule has 0 N–H and O–H groups in total. The van der Waals surface area contributed by atoms with Crippen LogP contribution in [-0.4, -0.2) is 0 Å². The van der Waals surface area contributed by atoms with Crippen molar-refractivity contribution in [1.29, 1.82) is 0 Å². The Hall–Kier alpha value is -9.88. The lowest BCUT2D eigenvalue weighted by atomic mass is 9.81. The van der Waals surface area contributed by atoms with E-state index in [-0.39, 0.29) is 0 Å². The van der Waals surface area contributed by atoms with Gasteiger partial charge in [0.1, 0.15) is 0 Å². The molecule has 0 aromatic heterocycles. The topological polar surface area (TPSA) is 0 Å². The smallest absolute Gasteiger partial charge is 0.00139 e. The first kappa shape index (κ1) is 42.6. The number of fused-ring (bicyclic) bond motifs is 8. The zero-order valence-corrected chi connectivity index (χ0v) is 41.6. The van der Waals surface area contributed by atoms with Crippen molar-refractivity contribution in [2.75, 3.05) is 0 Å². The summed E-state index contributed by atoms with van der Waals surface area (Å²) in [6, 6.07) is 105. The Morgan fingerprint density at radius 2 is 0.461 bits per heavy atom. The fourth-order valence-electron chi connectivity index (χ4n) is 13.1. The van der Waals surface area contributed by atoms with E-state index in [9.17, 15) is 0 Å². The molecule has 16 aromatic rings. The van der Waals surface area contributed by atoms with Crippen molar-refractivity contribution in [1.82, 2.24) is 0 Å². The predicted octanol–water partition coefficient (Wildman–Crippen LogP) is 21.5. The summed E-state index contributed by atoms with van der Waals surface area (Å²) in [5, 5.41) is 22.7. The Morgan fingerprint density at radius 1 is 0.132 bits per heavy atom. The van der Waals surface area contributed by atoms with Crippen LogP contribution >= 0.6 is 0 Å². The van der Waals surface area contributed by atoms with Gasteiger partial charge in [0.25, 0.3) is 0 Å². The van der Waals surface area contributed by atoms with Crippen LogP contribution in [0.2, 0.25) is 0 Å². The lowest BCUT2D eigenvalue weighted by molar-refractivity contribution is 1.63. The SMILES string of the molecule is c1ccc(-c2cc(-c3ccc4c(-c5cccc6ccccc56)cc5ccccc5c4c3)c3ccc4c(-c5ccccc5)cc(-c5ccc6c(-c7cccc8ccccc78)cc7ccccc7c6c5)c5ccc2c3c45)cc1. The molecule has 0 unspecified atom stereocenters. The molecule has 0 heteroatoms. The van der Waals surface area contributed by atoms with Gasteiger partial charge in [0.2, 0.25) is 0 Å². The maximum absolute atomic E-state index is 2.47. The summed E-state index contributed by atoms with van der Waals surface area (Å²) in [6.45, 7) is 0. The van der Waals surface area contributed by atoms with E-state index in [1.807, 2.05) is 0 Å². The number of rotatable bonds is 6. The van der Waals surface area contributed by atoms with Crippen LogP contribution in [0.5, 0.6) is 0 Å². The molecule has 0 saturated heterocycles. The maximum atomic E-state index is 2.47. The number of benzene rings is 16. The van der Waals surface area contributed by atoms with E-state index in [0.29, 0.717) is 0 Å². The molecule has 0 atom stereocenters. The third-order valence-corrected chi connectivity index (χ3v) is 16.6. The molecule has 0 saturated carbocycles. The summed E-state index contributed by atoms with van der Waals surface area (Å²) in [6.07, 6.45) is 0. The van der Waals surface area contributed by atoms with Crippen molar-refractivity contribution in [3.8, 4) is 66.8 Å². The first-order chi connectivity index (χ1) is 37.7. The number of hydrogen-bond donors (Lipinski definition) is 0. The maximum Gasteiger partial charge on any atom is -0.00139 e. The summed E-state index contributed by atoms with van der Waals surface area (Å²) in [4.78, 5) is 0. The molecule has 0 heterocycles. The standard InChI is InChI=1S/C76H46/c1-3-17-49(18-4-1)67-45-69(53-33-35-61-71(43-53)57-29-13-9-23-51(57)41-73(61)59-31-15-25-47-21-7-11-27-55(47)59)65-40-38-64-68(50-19-5-2-6-20-50)46-70(66-39-37-63(67)75(65)76(64)66)54-34-36-62-72(44-54)58-30-14-10-24-52(58)42-74(62)60-32-16-26-48-22-8-12-28-56(48)60/h1-46H. The minimum Gasteiger partial charge on any atom is -0.0622 e.